The molecular formula is C11H11NO3S. The predicted octanol–water partition coefficient (Wildman–Crippen LogP) is 1.81. The van der Waals surface area contributed by atoms with E-state index in [4.69, 9.17) is 10.3 Å². The van der Waals surface area contributed by atoms with E-state index < -0.39 is 15.9 Å². The number of rotatable bonds is 2. The van der Waals surface area contributed by atoms with Crippen LogP contribution < -0.4 is 5.73 Å². The quantitative estimate of drug-likeness (QED) is 0.616. The standard InChI is InChI=1S/C11H11NO3S/c12-11-3-1-2-9-5-4-8(6-10(9)11)7-16(13,14)15/h1-6H,7,12H2,(H,13,14,15). The van der Waals surface area contributed by atoms with E-state index in [9.17, 15) is 8.42 Å². The third kappa shape index (κ3) is 2.32. The van der Waals surface area contributed by atoms with Gasteiger partial charge in [-0.3, -0.25) is 4.55 Å². The van der Waals surface area contributed by atoms with Gasteiger partial charge in [0.25, 0.3) is 10.1 Å². The largest absolute Gasteiger partial charge is 0.398 e. The Kier molecular flexibility index (Phi) is 2.57. The molecule has 2 rings (SSSR count). The van der Waals surface area contributed by atoms with Gasteiger partial charge in [-0.25, -0.2) is 0 Å². The van der Waals surface area contributed by atoms with Crippen molar-refractivity contribution < 1.29 is 13.0 Å². The van der Waals surface area contributed by atoms with Crippen LogP contribution in [-0.4, -0.2) is 13.0 Å². The van der Waals surface area contributed by atoms with Crippen molar-refractivity contribution in [3.8, 4) is 0 Å². The van der Waals surface area contributed by atoms with Gasteiger partial charge in [-0.1, -0.05) is 24.3 Å². The molecule has 2 aromatic carbocycles. The zero-order valence-electron chi connectivity index (χ0n) is 8.42. The van der Waals surface area contributed by atoms with Crippen LogP contribution in [-0.2, 0) is 15.9 Å². The maximum Gasteiger partial charge on any atom is 0.269 e. The summed E-state index contributed by atoms with van der Waals surface area (Å²) in [4.78, 5) is 0. The van der Waals surface area contributed by atoms with Gasteiger partial charge < -0.3 is 5.73 Å². The van der Waals surface area contributed by atoms with Crippen LogP contribution in [0.25, 0.3) is 10.8 Å². The number of hydrogen-bond donors (Lipinski definition) is 2. The Labute approximate surface area is 93.4 Å². The summed E-state index contributed by atoms with van der Waals surface area (Å²) in [6.07, 6.45) is 0. The minimum atomic E-state index is -4.00. The molecule has 2 aromatic rings. The highest BCUT2D eigenvalue weighted by Crippen LogP contribution is 2.22. The van der Waals surface area contributed by atoms with Gasteiger partial charge in [-0.05, 0) is 23.1 Å². The van der Waals surface area contributed by atoms with Crippen LogP contribution in [0.15, 0.2) is 36.4 Å². The summed E-state index contributed by atoms with van der Waals surface area (Å²) < 4.78 is 30.2. The Morgan fingerprint density at radius 1 is 1.19 bits per heavy atom. The molecule has 0 bridgehead atoms. The van der Waals surface area contributed by atoms with Gasteiger partial charge in [0, 0.05) is 11.1 Å². The van der Waals surface area contributed by atoms with E-state index in [1.54, 1.807) is 24.3 Å². The van der Waals surface area contributed by atoms with Crippen molar-refractivity contribution in [1.82, 2.24) is 0 Å². The lowest BCUT2D eigenvalue weighted by Gasteiger charge is -2.04. The van der Waals surface area contributed by atoms with Gasteiger partial charge in [0.15, 0.2) is 0 Å². The SMILES string of the molecule is Nc1cccc2ccc(CS(=O)(=O)O)cc12. The molecule has 0 amide bonds. The van der Waals surface area contributed by atoms with Gasteiger partial charge in [0.05, 0.1) is 0 Å². The first kappa shape index (κ1) is 10.9. The normalized spacial score (nSPS) is 11.8. The number of hydrogen-bond acceptors (Lipinski definition) is 3. The number of nitrogen functional groups attached to an aromatic ring is 1. The highest BCUT2D eigenvalue weighted by molar-refractivity contribution is 7.85. The van der Waals surface area contributed by atoms with Gasteiger partial charge in [0.2, 0.25) is 0 Å². The van der Waals surface area contributed by atoms with E-state index in [2.05, 4.69) is 0 Å². The van der Waals surface area contributed by atoms with Crippen molar-refractivity contribution in [3.63, 3.8) is 0 Å². The summed E-state index contributed by atoms with van der Waals surface area (Å²) in [5.74, 6) is -0.392. The lowest BCUT2D eigenvalue weighted by Crippen LogP contribution is -2.01. The molecular weight excluding hydrogens is 226 g/mol. The van der Waals surface area contributed by atoms with Crippen molar-refractivity contribution in [2.24, 2.45) is 0 Å². The molecule has 16 heavy (non-hydrogen) atoms. The monoisotopic (exact) mass is 237 g/mol. The maximum atomic E-state index is 10.7. The van der Waals surface area contributed by atoms with Crippen LogP contribution in [0.3, 0.4) is 0 Å². The van der Waals surface area contributed by atoms with Crippen molar-refractivity contribution in [2.45, 2.75) is 5.75 Å². The first-order valence-corrected chi connectivity index (χ1v) is 6.29. The Hall–Kier alpha value is -1.59. The van der Waals surface area contributed by atoms with Crippen LogP contribution >= 0.6 is 0 Å². The second kappa shape index (κ2) is 3.77. The summed E-state index contributed by atoms with van der Waals surface area (Å²) in [6.45, 7) is 0. The van der Waals surface area contributed by atoms with Crippen LogP contribution in [0.5, 0.6) is 0 Å². The molecule has 0 fully saturated rings. The van der Waals surface area contributed by atoms with Crippen molar-refractivity contribution >= 4 is 26.6 Å². The molecule has 0 heterocycles. The molecule has 0 aliphatic carbocycles. The van der Waals surface area contributed by atoms with Crippen LogP contribution in [0.4, 0.5) is 5.69 Å². The average molecular weight is 237 g/mol. The second-order valence-corrected chi connectivity index (χ2v) is 5.08. The lowest BCUT2D eigenvalue weighted by molar-refractivity contribution is 0.482. The van der Waals surface area contributed by atoms with E-state index in [1.807, 2.05) is 12.1 Å². The predicted molar refractivity (Wildman–Crippen MR) is 63.6 cm³/mol. The number of benzene rings is 2. The molecule has 0 aliphatic heterocycles. The summed E-state index contributed by atoms with van der Waals surface area (Å²) in [5.41, 5.74) is 6.89. The minimum Gasteiger partial charge on any atom is -0.398 e. The molecule has 0 spiro atoms. The lowest BCUT2D eigenvalue weighted by atomic mass is 10.1. The Morgan fingerprint density at radius 3 is 2.62 bits per heavy atom. The van der Waals surface area contributed by atoms with Crippen molar-refractivity contribution in [3.05, 3.63) is 42.0 Å². The molecule has 0 unspecified atom stereocenters. The molecule has 4 nitrogen and oxygen atoms in total. The topological polar surface area (TPSA) is 80.4 Å². The zero-order chi connectivity index (χ0) is 11.8. The number of fused-ring (bicyclic) bond motifs is 1. The smallest absolute Gasteiger partial charge is 0.269 e. The van der Waals surface area contributed by atoms with Crippen LogP contribution in [0.2, 0.25) is 0 Å². The van der Waals surface area contributed by atoms with E-state index in [1.165, 1.54) is 0 Å². The Morgan fingerprint density at radius 2 is 1.94 bits per heavy atom. The first-order valence-electron chi connectivity index (χ1n) is 4.68. The van der Waals surface area contributed by atoms with Gasteiger partial charge in [-0.15, -0.1) is 0 Å². The van der Waals surface area contributed by atoms with E-state index in [0.29, 0.717) is 11.3 Å². The van der Waals surface area contributed by atoms with Crippen molar-refractivity contribution in [2.75, 3.05) is 5.73 Å². The molecule has 0 radical (unpaired) electrons. The number of anilines is 1. The third-order valence-electron chi connectivity index (χ3n) is 2.33. The van der Waals surface area contributed by atoms with Gasteiger partial charge >= 0.3 is 0 Å². The van der Waals surface area contributed by atoms with E-state index in [-0.39, 0.29) is 0 Å². The highest BCUT2D eigenvalue weighted by atomic mass is 32.2. The summed E-state index contributed by atoms with van der Waals surface area (Å²) in [5, 5.41) is 1.74. The van der Waals surface area contributed by atoms with Crippen LogP contribution in [0.1, 0.15) is 5.56 Å². The van der Waals surface area contributed by atoms with Gasteiger partial charge in [0.1, 0.15) is 5.75 Å². The Bertz CT molecular complexity index is 635. The van der Waals surface area contributed by atoms with E-state index in [0.717, 1.165) is 10.8 Å². The first-order chi connectivity index (χ1) is 7.46. The highest BCUT2D eigenvalue weighted by Gasteiger charge is 2.07. The molecule has 84 valence electrons. The molecule has 0 aliphatic rings. The number of nitrogens with two attached hydrogens (primary N) is 1. The molecule has 0 saturated heterocycles. The Balaban J connectivity index is 2.55. The fraction of sp³-hybridized carbons (Fsp3) is 0.0909. The fourth-order valence-electron chi connectivity index (χ4n) is 1.64. The molecule has 3 N–H and O–H groups in total. The van der Waals surface area contributed by atoms with Gasteiger partial charge in [-0.2, -0.15) is 8.42 Å². The molecule has 0 atom stereocenters. The summed E-state index contributed by atoms with van der Waals surface area (Å²) in [7, 11) is -4.00. The van der Waals surface area contributed by atoms with Crippen LogP contribution in [0, 0.1) is 0 Å². The fourth-order valence-corrected chi connectivity index (χ4v) is 2.25. The molecule has 0 aromatic heterocycles. The van der Waals surface area contributed by atoms with Crippen molar-refractivity contribution in [1.29, 1.82) is 0 Å². The third-order valence-corrected chi connectivity index (χ3v) is 3.03. The zero-order valence-corrected chi connectivity index (χ0v) is 9.24. The summed E-state index contributed by atoms with van der Waals surface area (Å²) in [6, 6.07) is 10.6. The molecule has 5 heteroatoms. The average Bonchev–Trinajstić information content (AvgIpc) is 2.17. The maximum absolute atomic E-state index is 10.7. The molecule has 0 saturated carbocycles. The second-order valence-electron chi connectivity index (χ2n) is 3.63. The summed E-state index contributed by atoms with van der Waals surface area (Å²) >= 11 is 0. The minimum absolute atomic E-state index is 0.392. The van der Waals surface area contributed by atoms with E-state index >= 15 is 0 Å².